The molecule has 8 nitrogen and oxygen atoms in total. The van der Waals surface area contributed by atoms with E-state index in [-0.39, 0.29) is 0 Å². The average Bonchev–Trinajstić information content (AvgIpc) is 3.25. The second kappa shape index (κ2) is 9.08. The number of esters is 1. The van der Waals surface area contributed by atoms with Gasteiger partial charge in [0.05, 0.1) is 12.2 Å². The summed E-state index contributed by atoms with van der Waals surface area (Å²) >= 11 is 1.27. The molecule has 3 aromatic rings. The number of aromatic nitrogens is 2. The maximum Gasteiger partial charge on any atom is 0.349 e. The number of rotatable bonds is 6. The van der Waals surface area contributed by atoms with E-state index in [1.165, 1.54) is 23.8 Å². The van der Waals surface area contributed by atoms with Crippen LogP contribution in [0.3, 0.4) is 0 Å². The largest absolute Gasteiger partial charge is 0.448 e. The minimum absolute atomic E-state index is 0.376. The maximum absolute atomic E-state index is 12.5. The standard InChI is InChI=1S/C21H24N4O4S/c1-5-22-21(28)23-18(26)14(4)29-20(27)17-10-16-13(3)24-25(19(16)30-17)11-15-8-6-12(2)7-9-15/h6-10,14H,5,11H2,1-4H3,(H2,22,23,26,28)/t14-/m0/s1. The number of thiophene rings is 1. The van der Waals surface area contributed by atoms with Gasteiger partial charge in [0.1, 0.15) is 9.71 Å². The Kier molecular flexibility index (Phi) is 6.51. The van der Waals surface area contributed by atoms with Crippen molar-refractivity contribution >= 4 is 39.5 Å². The fourth-order valence-corrected chi connectivity index (χ4v) is 3.92. The predicted molar refractivity (Wildman–Crippen MR) is 115 cm³/mol. The summed E-state index contributed by atoms with van der Waals surface area (Å²) in [6.07, 6.45) is -1.10. The molecule has 0 bridgehead atoms. The summed E-state index contributed by atoms with van der Waals surface area (Å²) in [5.74, 6) is -1.30. The number of amides is 3. The molecule has 0 radical (unpaired) electrons. The number of imide groups is 1. The van der Waals surface area contributed by atoms with Crippen molar-refractivity contribution in [1.82, 2.24) is 20.4 Å². The fraction of sp³-hybridized carbons (Fsp3) is 0.333. The number of hydrogen-bond donors (Lipinski definition) is 2. The molecule has 1 aromatic carbocycles. The summed E-state index contributed by atoms with van der Waals surface area (Å²) in [4.78, 5) is 37.2. The number of aryl methyl sites for hydroxylation is 2. The van der Waals surface area contributed by atoms with E-state index >= 15 is 0 Å². The summed E-state index contributed by atoms with van der Waals surface area (Å²) < 4.78 is 7.10. The number of benzene rings is 1. The Labute approximate surface area is 178 Å². The molecule has 2 aromatic heterocycles. The molecular weight excluding hydrogens is 404 g/mol. The number of fused-ring (bicyclic) bond motifs is 1. The van der Waals surface area contributed by atoms with Crippen LogP contribution in [-0.4, -0.2) is 40.3 Å². The summed E-state index contributed by atoms with van der Waals surface area (Å²) in [6, 6.07) is 9.30. The van der Waals surface area contributed by atoms with Crippen LogP contribution in [0, 0.1) is 13.8 Å². The Bertz CT molecular complexity index is 1080. The van der Waals surface area contributed by atoms with E-state index in [4.69, 9.17) is 4.74 Å². The van der Waals surface area contributed by atoms with Crippen LogP contribution < -0.4 is 10.6 Å². The molecule has 2 N–H and O–H groups in total. The molecule has 0 aliphatic rings. The summed E-state index contributed by atoms with van der Waals surface area (Å²) in [5, 5.41) is 10.0. The van der Waals surface area contributed by atoms with Crippen LogP contribution in [0.1, 0.15) is 40.3 Å². The van der Waals surface area contributed by atoms with Crippen molar-refractivity contribution in [3.8, 4) is 0 Å². The van der Waals surface area contributed by atoms with E-state index in [1.807, 2.05) is 30.7 Å². The van der Waals surface area contributed by atoms with Crippen LogP contribution in [0.25, 0.3) is 10.2 Å². The van der Waals surface area contributed by atoms with Gasteiger partial charge in [0.15, 0.2) is 6.10 Å². The first-order chi connectivity index (χ1) is 14.3. The van der Waals surface area contributed by atoms with Crippen molar-refractivity contribution in [1.29, 1.82) is 0 Å². The highest BCUT2D eigenvalue weighted by Gasteiger charge is 2.23. The second-order valence-corrected chi connectivity index (χ2v) is 7.99. The zero-order valence-electron chi connectivity index (χ0n) is 17.3. The number of hydrogen-bond acceptors (Lipinski definition) is 6. The maximum atomic E-state index is 12.5. The van der Waals surface area contributed by atoms with Gasteiger partial charge in [-0.2, -0.15) is 5.10 Å². The number of nitrogens with zero attached hydrogens (tertiary/aromatic N) is 2. The molecule has 3 rings (SSSR count). The normalized spacial score (nSPS) is 11.9. The first-order valence-electron chi connectivity index (χ1n) is 9.60. The first-order valence-corrected chi connectivity index (χ1v) is 10.4. The van der Waals surface area contributed by atoms with Gasteiger partial charge in [-0.1, -0.05) is 29.8 Å². The van der Waals surface area contributed by atoms with Gasteiger partial charge in [0.2, 0.25) is 0 Å². The van der Waals surface area contributed by atoms with E-state index in [1.54, 1.807) is 13.0 Å². The summed E-state index contributed by atoms with van der Waals surface area (Å²) in [7, 11) is 0. The van der Waals surface area contributed by atoms with Gasteiger partial charge >= 0.3 is 12.0 Å². The van der Waals surface area contributed by atoms with Crippen molar-refractivity contribution in [2.45, 2.75) is 40.3 Å². The molecule has 3 amide bonds. The molecule has 0 aliphatic heterocycles. The van der Waals surface area contributed by atoms with Gasteiger partial charge in [0.25, 0.3) is 5.91 Å². The number of ether oxygens (including phenoxy) is 1. The molecule has 0 aliphatic carbocycles. The molecular formula is C21H24N4O4S. The lowest BCUT2D eigenvalue weighted by molar-refractivity contribution is -0.127. The zero-order chi connectivity index (χ0) is 21.8. The number of nitrogens with one attached hydrogen (secondary N) is 2. The highest BCUT2D eigenvalue weighted by Crippen LogP contribution is 2.29. The number of carbonyl (C=O) groups excluding carboxylic acids is 3. The van der Waals surface area contributed by atoms with Crippen LogP contribution >= 0.6 is 11.3 Å². The van der Waals surface area contributed by atoms with E-state index < -0.39 is 24.0 Å². The first kappa shape index (κ1) is 21.5. The van der Waals surface area contributed by atoms with E-state index in [0.29, 0.717) is 18.0 Å². The quantitative estimate of drug-likeness (QED) is 0.587. The van der Waals surface area contributed by atoms with E-state index in [9.17, 15) is 14.4 Å². The topological polar surface area (TPSA) is 102 Å². The predicted octanol–water partition coefficient (Wildman–Crippen LogP) is 3.15. The van der Waals surface area contributed by atoms with Crippen LogP contribution in [0.2, 0.25) is 0 Å². The SMILES string of the molecule is CCNC(=O)NC(=O)[C@H](C)OC(=O)c1cc2c(C)nn(Cc3ccc(C)cc3)c2s1. The Hall–Kier alpha value is -3.20. The average molecular weight is 429 g/mol. The van der Waals surface area contributed by atoms with Crippen LogP contribution in [-0.2, 0) is 16.1 Å². The third-order valence-electron chi connectivity index (χ3n) is 4.49. The van der Waals surface area contributed by atoms with Gasteiger partial charge in [-0.05, 0) is 39.3 Å². The van der Waals surface area contributed by atoms with E-state index in [0.717, 1.165) is 21.5 Å². The third kappa shape index (κ3) is 4.85. The van der Waals surface area contributed by atoms with Crippen molar-refractivity contribution in [3.63, 3.8) is 0 Å². The van der Waals surface area contributed by atoms with Gasteiger partial charge in [0, 0.05) is 11.9 Å². The Balaban J connectivity index is 1.73. The molecule has 0 spiro atoms. The highest BCUT2D eigenvalue weighted by molar-refractivity contribution is 7.20. The molecule has 9 heteroatoms. The van der Waals surface area contributed by atoms with Crippen LogP contribution in [0.4, 0.5) is 4.79 Å². The lowest BCUT2D eigenvalue weighted by atomic mass is 10.1. The van der Waals surface area contributed by atoms with Gasteiger partial charge in [-0.3, -0.25) is 14.8 Å². The number of urea groups is 1. The molecule has 0 fully saturated rings. The lowest BCUT2D eigenvalue weighted by Gasteiger charge is -2.12. The molecule has 0 saturated heterocycles. The van der Waals surface area contributed by atoms with E-state index in [2.05, 4.69) is 27.9 Å². The fourth-order valence-electron chi connectivity index (χ4n) is 2.88. The van der Waals surface area contributed by atoms with Gasteiger partial charge in [-0.15, -0.1) is 11.3 Å². The van der Waals surface area contributed by atoms with Crippen LogP contribution in [0.15, 0.2) is 30.3 Å². The van der Waals surface area contributed by atoms with Gasteiger partial charge < -0.3 is 10.1 Å². The second-order valence-electron chi connectivity index (χ2n) is 6.95. The van der Waals surface area contributed by atoms with Crippen molar-refractivity contribution in [2.75, 3.05) is 6.54 Å². The van der Waals surface area contributed by atoms with Crippen molar-refractivity contribution < 1.29 is 19.1 Å². The summed E-state index contributed by atoms with van der Waals surface area (Å²) in [6.45, 7) is 8.05. The smallest absolute Gasteiger partial charge is 0.349 e. The van der Waals surface area contributed by atoms with Crippen molar-refractivity contribution in [3.05, 3.63) is 52.0 Å². The molecule has 158 valence electrons. The summed E-state index contributed by atoms with van der Waals surface area (Å²) in [5.41, 5.74) is 3.11. The monoisotopic (exact) mass is 428 g/mol. The molecule has 0 unspecified atom stereocenters. The Morgan fingerprint density at radius 2 is 1.90 bits per heavy atom. The number of carbonyl (C=O) groups is 3. The minimum Gasteiger partial charge on any atom is -0.448 e. The molecule has 2 heterocycles. The lowest BCUT2D eigenvalue weighted by Crippen LogP contribution is -2.44. The third-order valence-corrected chi connectivity index (χ3v) is 5.62. The Morgan fingerprint density at radius 3 is 2.57 bits per heavy atom. The molecule has 30 heavy (non-hydrogen) atoms. The highest BCUT2D eigenvalue weighted by atomic mass is 32.1. The van der Waals surface area contributed by atoms with Crippen molar-refractivity contribution in [2.24, 2.45) is 0 Å². The van der Waals surface area contributed by atoms with Gasteiger partial charge in [-0.25, -0.2) is 9.59 Å². The minimum atomic E-state index is -1.10. The zero-order valence-corrected chi connectivity index (χ0v) is 18.1. The Morgan fingerprint density at radius 1 is 1.20 bits per heavy atom. The van der Waals surface area contributed by atoms with Crippen LogP contribution in [0.5, 0.6) is 0 Å². The molecule has 1 atom stereocenters. The molecule has 0 saturated carbocycles.